The van der Waals surface area contributed by atoms with Gasteiger partial charge in [-0.05, 0) is 13.8 Å². The fraction of sp³-hybridized carbons (Fsp3) is 0.909. The maximum absolute atomic E-state index is 12.7. The van der Waals surface area contributed by atoms with Gasteiger partial charge in [-0.1, -0.05) is 0 Å². The molecule has 3 atom stereocenters. The Morgan fingerprint density at radius 3 is 2.60 bits per heavy atom. The smallest absolute Gasteiger partial charge is 0.330 e. The number of esters is 1. The summed E-state index contributed by atoms with van der Waals surface area (Å²) < 4.78 is 59.0. The number of rotatable bonds is 6. The number of hydrogen-bond acceptors (Lipinski definition) is 5. The summed E-state index contributed by atoms with van der Waals surface area (Å²) in [5, 5.41) is 5.53. The molecule has 1 heterocycles. The predicted molar refractivity (Wildman–Crippen MR) is 61.7 cm³/mol. The number of halogens is 4. The number of nitrogens with one attached hydrogen (secondary N) is 2. The van der Waals surface area contributed by atoms with Crippen molar-refractivity contribution >= 4 is 5.97 Å². The molecule has 3 unspecified atom stereocenters. The second-order valence-corrected chi connectivity index (χ2v) is 4.46. The van der Waals surface area contributed by atoms with Crippen LogP contribution in [-0.4, -0.2) is 56.4 Å². The van der Waals surface area contributed by atoms with Gasteiger partial charge in [0.05, 0.1) is 6.61 Å². The molecule has 1 rings (SSSR count). The van der Waals surface area contributed by atoms with Crippen molar-refractivity contribution in [1.82, 2.24) is 10.6 Å². The van der Waals surface area contributed by atoms with Crippen LogP contribution in [0.15, 0.2) is 0 Å². The summed E-state index contributed by atoms with van der Waals surface area (Å²) in [7, 11) is 0. The fourth-order valence-electron chi connectivity index (χ4n) is 1.74. The van der Waals surface area contributed by atoms with Crippen LogP contribution in [0, 0.1) is 0 Å². The second-order valence-electron chi connectivity index (χ2n) is 4.46. The van der Waals surface area contributed by atoms with Crippen LogP contribution in [0.4, 0.5) is 17.6 Å². The predicted octanol–water partition coefficient (Wildman–Crippen LogP) is 0.742. The van der Waals surface area contributed by atoms with Gasteiger partial charge in [0.15, 0.2) is 0 Å². The van der Waals surface area contributed by atoms with E-state index in [4.69, 9.17) is 9.47 Å². The number of alkyl halides is 4. The molecule has 0 bridgehead atoms. The first-order valence-electron chi connectivity index (χ1n) is 6.21. The summed E-state index contributed by atoms with van der Waals surface area (Å²) in [6.07, 6.45) is -4.66. The van der Waals surface area contributed by atoms with Gasteiger partial charge in [0.1, 0.15) is 18.9 Å². The molecule has 0 aromatic carbocycles. The van der Waals surface area contributed by atoms with Crippen LogP contribution >= 0.6 is 0 Å². The number of ether oxygens (including phenoxy) is 2. The largest absolute Gasteiger partial charge is 0.465 e. The van der Waals surface area contributed by atoms with E-state index in [2.05, 4.69) is 10.6 Å². The zero-order valence-corrected chi connectivity index (χ0v) is 11.2. The van der Waals surface area contributed by atoms with E-state index in [1.165, 1.54) is 0 Å². The highest BCUT2D eigenvalue weighted by Crippen LogP contribution is 2.23. The number of carbonyl (C=O) groups excluding carboxylic acids is 1. The van der Waals surface area contributed by atoms with Gasteiger partial charge < -0.3 is 9.47 Å². The molecule has 1 saturated heterocycles. The minimum Gasteiger partial charge on any atom is -0.465 e. The van der Waals surface area contributed by atoms with Crippen molar-refractivity contribution in [3.8, 4) is 0 Å². The van der Waals surface area contributed by atoms with Crippen LogP contribution in [0.5, 0.6) is 0 Å². The van der Waals surface area contributed by atoms with Crippen molar-refractivity contribution in [1.29, 1.82) is 0 Å². The molecule has 0 radical (unpaired) electrons. The van der Waals surface area contributed by atoms with Crippen molar-refractivity contribution < 1.29 is 31.8 Å². The number of piperazine rings is 1. The molecule has 1 fully saturated rings. The van der Waals surface area contributed by atoms with Gasteiger partial charge >= 0.3 is 18.3 Å². The Labute approximate surface area is 114 Å². The Morgan fingerprint density at radius 1 is 1.45 bits per heavy atom. The third-order valence-corrected chi connectivity index (χ3v) is 2.79. The topological polar surface area (TPSA) is 59.6 Å². The van der Waals surface area contributed by atoms with E-state index in [1.807, 2.05) is 0 Å². The second kappa shape index (κ2) is 7.19. The summed E-state index contributed by atoms with van der Waals surface area (Å²) in [4.78, 5) is 11.5. The first kappa shape index (κ1) is 17.1. The molecular weight excluding hydrogens is 284 g/mol. The molecule has 5 nitrogen and oxygen atoms in total. The van der Waals surface area contributed by atoms with Crippen molar-refractivity contribution in [3.05, 3.63) is 0 Å². The molecule has 2 N–H and O–H groups in total. The Hall–Kier alpha value is -0.930. The lowest BCUT2D eigenvalue weighted by Gasteiger charge is -2.35. The van der Waals surface area contributed by atoms with E-state index in [0.29, 0.717) is 0 Å². The van der Waals surface area contributed by atoms with Crippen molar-refractivity contribution in [3.63, 3.8) is 0 Å². The molecule has 9 heteroatoms. The standard InChI is InChI=1S/C11H18F4N2O3/c1-3-19-9(18)7-4-16-8(6(2)17-7)20-5-11(14,15)10(12)13/h6-8,10,16-17H,3-5H2,1-2H3. The van der Waals surface area contributed by atoms with Crippen LogP contribution in [0.3, 0.4) is 0 Å². The zero-order valence-electron chi connectivity index (χ0n) is 11.2. The van der Waals surface area contributed by atoms with Crippen LogP contribution in [-0.2, 0) is 14.3 Å². The summed E-state index contributed by atoms with van der Waals surface area (Å²) >= 11 is 0. The molecule has 0 amide bonds. The Balaban J connectivity index is 2.43. The maximum Gasteiger partial charge on any atom is 0.330 e. The normalized spacial score (nSPS) is 27.6. The lowest BCUT2D eigenvalue weighted by molar-refractivity contribution is -0.184. The van der Waals surface area contributed by atoms with Crippen molar-refractivity contribution in [2.45, 2.75) is 44.5 Å². The van der Waals surface area contributed by atoms with E-state index in [1.54, 1.807) is 13.8 Å². The van der Waals surface area contributed by atoms with Crippen LogP contribution in [0.2, 0.25) is 0 Å². The van der Waals surface area contributed by atoms with Gasteiger partial charge in [-0.15, -0.1) is 0 Å². The van der Waals surface area contributed by atoms with Gasteiger partial charge in [0.25, 0.3) is 0 Å². The molecular formula is C11H18F4N2O3. The van der Waals surface area contributed by atoms with Crippen molar-refractivity contribution in [2.75, 3.05) is 19.8 Å². The highest BCUT2D eigenvalue weighted by Gasteiger charge is 2.42. The molecule has 0 aromatic rings. The lowest BCUT2D eigenvalue weighted by Crippen LogP contribution is -2.63. The summed E-state index contributed by atoms with van der Waals surface area (Å²) in [5.74, 6) is -4.66. The molecule has 0 spiro atoms. The molecule has 1 aliphatic rings. The average molecular weight is 302 g/mol. The molecule has 0 saturated carbocycles. The van der Waals surface area contributed by atoms with Crippen LogP contribution < -0.4 is 10.6 Å². The van der Waals surface area contributed by atoms with Gasteiger partial charge in [-0.25, -0.2) is 8.78 Å². The molecule has 118 valence electrons. The summed E-state index contributed by atoms with van der Waals surface area (Å²) in [6, 6.07) is -1.13. The van der Waals surface area contributed by atoms with E-state index < -0.39 is 43.2 Å². The maximum atomic E-state index is 12.7. The van der Waals surface area contributed by atoms with E-state index in [-0.39, 0.29) is 13.2 Å². The molecule has 20 heavy (non-hydrogen) atoms. The van der Waals surface area contributed by atoms with Gasteiger partial charge in [0, 0.05) is 12.6 Å². The highest BCUT2D eigenvalue weighted by atomic mass is 19.3. The average Bonchev–Trinajstić information content (AvgIpc) is 2.37. The Morgan fingerprint density at radius 2 is 2.10 bits per heavy atom. The lowest BCUT2D eigenvalue weighted by atomic mass is 10.1. The van der Waals surface area contributed by atoms with Gasteiger partial charge in [0.2, 0.25) is 0 Å². The van der Waals surface area contributed by atoms with E-state index in [9.17, 15) is 22.4 Å². The molecule has 1 aliphatic heterocycles. The zero-order chi connectivity index (χ0) is 15.3. The fourth-order valence-corrected chi connectivity index (χ4v) is 1.74. The monoisotopic (exact) mass is 302 g/mol. The van der Waals surface area contributed by atoms with E-state index >= 15 is 0 Å². The van der Waals surface area contributed by atoms with E-state index in [0.717, 1.165) is 0 Å². The molecule has 0 aliphatic carbocycles. The highest BCUT2D eigenvalue weighted by molar-refractivity contribution is 5.76. The minimum atomic E-state index is -4.20. The van der Waals surface area contributed by atoms with Crippen LogP contribution in [0.1, 0.15) is 13.8 Å². The van der Waals surface area contributed by atoms with Crippen LogP contribution in [0.25, 0.3) is 0 Å². The van der Waals surface area contributed by atoms with Gasteiger partial charge in [-0.2, -0.15) is 8.78 Å². The van der Waals surface area contributed by atoms with Gasteiger partial charge in [-0.3, -0.25) is 15.4 Å². The first-order chi connectivity index (χ1) is 9.27. The minimum absolute atomic E-state index is 0.105. The first-order valence-corrected chi connectivity index (χ1v) is 6.21. The number of carbonyl (C=O) groups is 1. The third-order valence-electron chi connectivity index (χ3n) is 2.79. The molecule has 0 aromatic heterocycles. The quantitative estimate of drug-likeness (QED) is 0.560. The Bertz CT molecular complexity index is 331. The number of hydrogen-bond donors (Lipinski definition) is 2. The van der Waals surface area contributed by atoms with Crippen molar-refractivity contribution in [2.24, 2.45) is 0 Å². The Kier molecular flexibility index (Phi) is 6.15. The SMILES string of the molecule is CCOC(=O)C1CNC(OCC(F)(F)C(F)F)C(C)N1. The summed E-state index contributed by atoms with van der Waals surface area (Å²) in [6.45, 7) is 2.19. The summed E-state index contributed by atoms with van der Waals surface area (Å²) in [5.41, 5.74) is 0. The third kappa shape index (κ3) is 4.57.